The maximum atomic E-state index is 13.3. The summed E-state index contributed by atoms with van der Waals surface area (Å²) >= 11 is 1.27. The lowest BCUT2D eigenvalue weighted by Crippen LogP contribution is -2.27. The minimum Gasteiger partial charge on any atom is -0.497 e. The Morgan fingerprint density at radius 3 is 2.62 bits per heavy atom. The van der Waals surface area contributed by atoms with Gasteiger partial charge in [-0.1, -0.05) is 41.6 Å². The third-order valence-corrected chi connectivity index (χ3v) is 6.50. The van der Waals surface area contributed by atoms with E-state index < -0.39 is 0 Å². The number of rotatable bonds is 7. The number of aromatic nitrogens is 3. The summed E-state index contributed by atoms with van der Waals surface area (Å²) in [5.41, 5.74) is 4.19. The second-order valence-electron chi connectivity index (χ2n) is 7.63. The van der Waals surface area contributed by atoms with Crippen LogP contribution in [0.4, 0.5) is 0 Å². The van der Waals surface area contributed by atoms with Crippen molar-refractivity contribution in [3.8, 4) is 5.75 Å². The summed E-state index contributed by atoms with van der Waals surface area (Å²) in [4.78, 5) is 30.5. The molecule has 2 aromatic heterocycles. The molecule has 0 atom stereocenters. The number of nitrogens with zero attached hydrogens (tertiary/aromatic N) is 3. The van der Waals surface area contributed by atoms with Gasteiger partial charge in [0.05, 0.1) is 18.4 Å². The van der Waals surface area contributed by atoms with E-state index in [-0.39, 0.29) is 17.2 Å². The molecule has 0 fully saturated rings. The van der Waals surface area contributed by atoms with Crippen LogP contribution in [0.2, 0.25) is 0 Å². The number of carbonyl (C=O) groups is 1. The highest BCUT2D eigenvalue weighted by Gasteiger charge is 2.19. The number of hydrogen-bond acceptors (Lipinski definition) is 5. The van der Waals surface area contributed by atoms with Gasteiger partial charge in [-0.2, -0.15) is 0 Å². The fraction of sp³-hybridized carbons (Fsp3) is 0.292. The number of carbonyl (C=O) groups excluding carboxylic acids is 1. The van der Waals surface area contributed by atoms with Gasteiger partial charge < -0.3 is 14.6 Å². The molecule has 1 amide bonds. The van der Waals surface area contributed by atoms with Crippen molar-refractivity contribution in [1.82, 2.24) is 19.4 Å². The van der Waals surface area contributed by atoms with E-state index in [0.717, 1.165) is 16.5 Å². The third-order valence-electron chi connectivity index (χ3n) is 5.52. The smallest absolute Gasteiger partial charge is 0.278 e. The zero-order valence-corrected chi connectivity index (χ0v) is 19.5. The van der Waals surface area contributed by atoms with E-state index in [2.05, 4.69) is 5.32 Å². The lowest BCUT2D eigenvalue weighted by atomic mass is 10.1. The fourth-order valence-electron chi connectivity index (χ4n) is 3.74. The average Bonchev–Trinajstić information content (AvgIpc) is 3.08. The van der Waals surface area contributed by atoms with Gasteiger partial charge in [0, 0.05) is 25.5 Å². The highest BCUT2D eigenvalue weighted by atomic mass is 32.2. The summed E-state index contributed by atoms with van der Waals surface area (Å²) in [5.74, 6) is 0.779. The van der Waals surface area contributed by atoms with Crippen molar-refractivity contribution in [1.29, 1.82) is 0 Å². The molecular weight excluding hydrogens is 424 g/mol. The number of ether oxygens (including phenoxy) is 1. The average molecular weight is 451 g/mol. The molecule has 0 aliphatic rings. The van der Waals surface area contributed by atoms with E-state index in [1.165, 1.54) is 17.3 Å². The Morgan fingerprint density at radius 2 is 1.94 bits per heavy atom. The van der Waals surface area contributed by atoms with E-state index in [9.17, 15) is 9.59 Å². The first-order valence-electron chi connectivity index (χ1n) is 10.4. The zero-order valence-electron chi connectivity index (χ0n) is 18.6. The topological polar surface area (TPSA) is 78.2 Å². The van der Waals surface area contributed by atoms with Crippen LogP contribution < -0.4 is 15.6 Å². The zero-order chi connectivity index (χ0) is 22.8. The van der Waals surface area contributed by atoms with Gasteiger partial charge in [-0.15, -0.1) is 0 Å². The number of nitrogens with one attached hydrogen (secondary N) is 1. The van der Waals surface area contributed by atoms with Crippen LogP contribution in [-0.4, -0.2) is 32.9 Å². The molecule has 2 aromatic carbocycles. The van der Waals surface area contributed by atoms with Crippen molar-refractivity contribution in [2.75, 3.05) is 12.9 Å². The Kier molecular flexibility index (Phi) is 6.23. The molecule has 1 N–H and O–H groups in total. The molecule has 32 heavy (non-hydrogen) atoms. The Morgan fingerprint density at radius 1 is 1.19 bits per heavy atom. The molecule has 4 rings (SSSR count). The Hall–Kier alpha value is -3.26. The van der Waals surface area contributed by atoms with Gasteiger partial charge >= 0.3 is 0 Å². The van der Waals surface area contributed by atoms with Gasteiger partial charge in [0.15, 0.2) is 5.16 Å². The van der Waals surface area contributed by atoms with E-state index >= 15 is 0 Å². The largest absolute Gasteiger partial charge is 0.497 e. The Labute approximate surface area is 190 Å². The quantitative estimate of drug-likeness (QED) is 0.344. The Balaban J connectivity index is 1.61. The molecule has 0 spiro atoms. The first-order chi connectivity index (χ1) is 15.4. The lowest BCUT2D eigenvalue weighted by molar-refractivity contribution is -0.118. The van der Waals surface area contributed by atoms with Gasteiger partial charge in [0.25, 0.3) is 5.56 Å². The standard InChI is InChI=1S/C24H26N4O3S/c1-5-28-23(30)22-21(18-12-17(31-4)10-11-19(18)27(22)3)26-24(28)32-14-20(29)25-13-16-8-6-15(2)7-9-16/h6-12H,5,13-14H2,1-4H3,(H,25,29). The van der Waals surface area contributed by atoms with E-state index in [1.807, 2.05) is 67.9 Å². The van der Waals surface area contributed by atoms with Gasteiger partial charge in [0.2, 0.25) is 5.91 Å². The number of fused-ring (bicyclic) bond motifs is 3. The number of hydrogen-bond donors (Lipinski definition) is 1. The maximum absolute atomic E-state index is 13.3. The first-order valence-corrected chi connectivity index (χ1v) is 11.4. The molecule has 4 aromatic rings. The van der Waals surface area contributed by atoms with Crippen molar-refractivity contribution in [2.45, 2.75) is 32.1 Å². The fourth-order valence-corrected chi connectivity index (χ4v) is 4.62. The van der Waals surface area contributed by atoms with Crippen LogP contribution in [-0.2, 0) is 24.9 Å². The van der Waals surface area contributed by atoms with Crippen molar-refractivity contribution in [3.05, 3.63) is 63.9 Å². The number of methoxy groups -OCH3 is 1. The Bertz CT molecular complexity index is 1360. The highest BCUT2D eigenvalue weighted by Crippen LogP contribution is 2.29. The van der Waals surface area contributed by atoms with E-state index in [0.29, 0.717) is 35.0 Å². The monoisotopic (exact) mass is 450 g/mol. The second-order valence-corrected chi connectivity index (χ2v) is 8.58. The summed E-state index contributed by atoms with van der Waals surface area (Å²) in [5, 5.41) is 4.32. The molecule has 0 aliphatic heterocycles. The minimum atomic E-state index is -0.113. The summed E-state index contributed by atoms with van der Waals surface area (Å²) in [6.45, 7) is 4.88. The summed E-state index contributed by atoms with van der Waals surface area (Å²) < 4.78 is 8.85. The van der Waals surface area contributed by atoms with Crippen LogP contribution in [0, 0.1) is 6.92 Å². The predicted molar refractivity (Wildman–Crippen MR) is 128 cm³/mol. The van der Waals surface area contributed by atoms with Gasteiger partial charge in [-0.3, -0.25) is 14.2 Å². The first kappa shape index (κ1) is 22.0. The molecule has 0 radical (unpaired) electrons. The molecule has 0 saturated heterocycles. The van der Waals surface area contributed by atoms with Crippen LogP contribution in [0.1, 0.15) is 18.1 Å². The third kappa shape index (κ3) is 4.10. The molecule has 166 valence electrons. The normalized spacial score (nSPS) is 11.2. The van der Waals surface area contributed by atoms with Crippen LogP contribution in [0.3, 0.4) is 0 Å². The van der Waals surface area contributed by atoms with Crippen LogP contribution in [0.5, 0.6) is 5.75 Å². The summed E-state index contributed by atoms with van der Waals surface area (Å²) in [7, 11) is 3.48. The molecule has 0 bridgehead atoms. The SMILES string of the molecule is CCn1c(SCC(=O)NCc2ccc(C)cc2)nc2c3cc(OC)ccc3n(C)c2c1=O. The van der Waals surface area contributed by atoms with Crippen molar-refractivity contribution >= 4 is 39.6 Å². The second kappa shape index (κ2) is 9.08. The van der Waals surface area contributed by atoms with Gasteiger partial charge in [-0.05, 0) is 37.6 Å². The van der Waals surface area contributed by atoms with E-state index in [1.54, 1.807) is 11.7 Å². The maximum Gasteiger partial charge on any atom is 0.278 e. The van der Waals surface area contributed by atoms with Crippen LogP contribution >= 0.6 is 11.8 Å². The predicted octanol–water partition coefficient (Wildman–Crippen LogP) is 3.63. The molecular formula is C24H26N4O3S. The summed E-state index contributed by atoms with van der Waals surface area (Å²) in [6, 6.07) is 13.7. The molecule has 0 saturated carbocycles. The number of amides is 1. The van der Waals surface area contributed by atoms with E-state index in [4.69, 9.17) is 9.72 Å². The van der Waals surface area contributed by atoms with Gasteiger partial charge in [-0.25, -0.2) is 4.98 Å². The number of aryl methyl sites for hydroxylation is 2. The molecule has 7 nitrogen and oxygen atoms in total. The van der Waals surface area contributed by atoms with Crippen LogP contribution in [0.15, 0.2) is 52.4 Å². The van der Waals surface area contributed by atoms with Crippen molar-refractivity contribution < 1.29 is 9.53 Å². The molecule has 0 aliphatic carbocycles. The lowest BCUT2D eigenvalue weighted by Gasteiger charge is -2.11. The van der Waals surface area contributed by atoms with Crippen molar-refractivity contribution in [3.63, 3.8) is 0 Å². The molecule has 8 heteroatoms. The number of thioether (sulfide) groups is 1. The molecule has 2 heterocycles. The minimum absolute atomic E-state index is 0.104. The van der Waals surface area contributed by atoms with Crippen molar-refractivity contribution in [2.24, 2.45) is 7.05 Å². The highest BCUT2D eigenvalue weighted by molar-refractivity contribution is 7.99. The van der Waals surface area contributed by atoms with Gasteiger partial charge in [0.1, 0.15) is 16.8 Å². The molecule has 0 unspecified atom stereocenters. The number of benzene rings is 2. The summed E-state index contributed by atoms with van der Waals surface area (Å²) in [6.07, 6.45) is 0. The van der Waals surface area contributed by atoms with Crippen LogP contribution in [0.25, 0.3) is 21.9 Å².